The topological polar surface area (TPSA) is 72.3 Å². The minimum Gasteiger partial charge on any atom is -0.297 e. The van der Waals surface area contributed by atoms with Gasteiger partial charge in [-0.15, -0.1) is 11.3 Å². The molecule has 0 saturated heterocycles. The molecule has 5 rings (SSSR count). The van der Waals surface area contributed by atoms with Crippen molar-refractivity contribution in [2.45, 2.75) is 6.54 Å². The molecule has 7 heteroatoms. The molecule has 4 aromatic rings. The Labute approximate surface area is 169 Å². The minimum atomic E-state index is -0.326. The van der Waals surface area contributed by atoms with E-state index in [9.17, 15) is 14.4 Å². The second-order valence-corrected chi connectivity index (χ2v) is 7.60. The molecular formula is C22H15N3O3S. The molecule has 29 heavy (non-hydrogen) atoms. The molecule has 1 aliphatic heterocycles. The summed E-state index contributed by atoms with van der Waals surface area (Å²) in [7, 11) is 0. The van der Waals surface area contributed by atoms with Gasteiger partial charge in [0, 0.05) is 24.0 Å². The highest BCUT2D eigenvalue weighted by Gasteiger charge is 2.34. The van der Waals surface area contributed by atoms with E-state index in [1.807, 2.05) is 35.7 Å². The maximum Gasteiger partial charge on any atom is 0.262 e. The Hall–Kier alpha value is -3.58. The summed E-state index contributed by atoms with van der Waals surface area (Å²) >= 11 is 1.42. The summed E-state index contributed by atoms with van der Waals surface area (Å²) in [6, 6.07) is 16.4. The van der Waals surface area contributed by atoms with Crippen molar-refractivity contribution in [3.63, 3.8) is 0 Å². The van der Waals surface area contributed by atoms with Crippen molar-refractivity contribution in [2.24, 2.45) is 0 Å². The SMILES string of the molecule is O=C1c2ccccc2C(=O)N1CCn1cnc2scc(-c3ccccc3)c2c1=O. The van der Waals surface area contributed by atoms with E-state index in [0.717, 1.165) is 11.1 Å². The van der Waals surface area contributed by atoms with Gasteiger partial charge in [-0.05, 0) is 17.7 Å². The predicted molar refractivity (Wildman–Crippen MR) is 111 cm³/mol. The van der Waals surface area contributed by atoms with Crippen LogP contribution in [0.3, 0.4) is 0 Å². The smallest absolute Gasteiger partial charge is 0.262 e. The van der Waals surface area contributed by atoms with Gasteiger partial charge in [0.25, 0.3) is 17.4 Å². The van der Waals surface area contributed by atoms with Crippen LogP contribution in [-0.2, 0) is 6.54 Å². The first-order valence-electron chi connectivity index (χ1n) is 9.12. The lowest BCUT2D eigenvalue weighted by Gasteiger charge is -2.14. The minimum absolute atomic E-state index is 0.115. The molecule has 0 unspecified atom stereocenters. The van der Waals surface area contributed by atoms with Crippen LogP contribution >= 0.6 is 11.3 Å². The van der Waals surface area contributed by atoms with E-state index in [1.54, 1.807) is 24.3 Å². The van der Waals surface area contributed by atoms with Crippen LogP contribution in [0.4, 0.5) is 0 Å². The summed E-state index contributed by atoms with van der Waals surface area (Å²) in [6.45, 7) is 0.307. The van der Waals surface area contributed by atoms with Gasteiger partial charge in [-0.2, -0.15) is 0 Å². The normalized spacial score (nSPS) is 13.3. The molecule has 0 saturated carbocycles. The number of aromatic nitrogens is 2. The van der Waals surface area contributed by atoms with Gasteiger partial charge in [0.05, 0.1) is 22.8 Å². The average Bonchev–Trinajstić information content (AvgIpc) is 3.29. The van der Waals surface area contributed by atoms with Gasteiger partial charge in [0.1, 0.15) is 4.83 Å². The summed E-state index contributed by atoms with van der Waals surface area (Å²) in [6.07, 6.45) is 1.48. The Morgan fingerprint density at radius 3 is 2.14 bits per heavy atom. The van der Waals surface area contributed by atoms with Crippen molar-refractivity contribution in [3.8, 4) is 11.1 Å². The highest BCUT2D eigenvalue weighted by atomic mass is 32.1. The van der Waals surface area contributed by atoms with Crippen LogP contribution in [0.25, 0.3) is 21.3 Å². The molecule has 142 valence electrons. The van der Waals surface area contributed by atoms with Crippen LogP contribution in [0.5, 0.6) is 0 Å². The second-order valence-electron chi connectivity index (χ2n) is 6.75. The fraction of sp³-hybridized carbons (Fsp3) is 0.0909. The number of hydrogen-bond acceptors (Lipinski definition) is 5. The third-order valence-corrected chi connectivity index (χ3v) is 5.97. The van der Waals surface area contributed by atoms with Crippen molar-refractivity contribution in [2.75, 3.05) is 6.54 Å². The number of hydrogen-bond donors (Lipinski definition) is 0. The number of carbonyl (C=O) groups excluding carboxylic acids is 2. The zero-order valence-corrected chi connectivity index (χ0v) is 16.1. The maximum absolute atomic E-state index is 13.1. The zero-order chi connectivity index (χ0) is 20.0. The molecule has 0 N–H and O–H groups in total. The lowest BCUT2D eigenvalue weighted by Crippen LogP contribution is -2.35. The Morgan fingerprint density at radius 2 is 1.45 bits per heavy atom. The largest absolute Gasteiger partial charge is 0.297 e. The third-order valence-electron chi connectivity index (χ3n) is 5.09. The highest BCUT2D eigenvalue weighted by molar-refractivity contribution is 7.17. The molecule has 1 aliphatic rings. The number of carbonyl (C=O) groups is 2. The number of thiophene rings is 1. The van der Waals surface area contributed by atoms with Crippen molar-refractivity contribution < 1.29 is 9.59 Å². The number of rotatable bonds is 4. The summed E-state index contributed by atoms with van der Waals surface area (Å²) in [5, 5.41) is 2.49. The molecule has 0 spiro atoms. The number of nitrogens with zero attached hydrogens (tertiary/aromatic N) is 3. The summed E-state index contributed by atoms with van der Waals surface area (Å²) in [5.74, 6) is -0.651. The van der Waals surface area contributed by atoms with Crippen molar-refractivity contribution in [1.82, 2.24) is 14.5 Å². The molecule has 2 aromatic heterocycles. The first kappa shape index (κ1) is 17.5. The maximum atomic E-state index is 13.1. The fourth-order valence-corrected chi connectivity index (χ4v) is 4.51. The zero-order valence-electron chi connectivity index (χ0n) is 15.2. The molecule has 0 atom stereocenters. The number of fused-ring (bicyclic) bond motifs is 2. The Bertz CT molecular complexity index is 1290. The lowest BCUT2D eigenvalue weighted by molar-refractivity contribution is 0.0648. The summed E-state index contributed by atoms with van der Waals surface area (Å²) < 4.78 is 1.46. The van der Waals surface area contributed by atoms with Gasteiger partial charge >= 0.3 is 0 Å². The number of imide groups is 1. The highest BCUT2D eigenvalue weighted by Crippen LogP contribution is 2.30. The quantitative estimate of drug-likeness (QED) is 0.491. The van der Waals surface area contributed by atoms with Crippen LogP contribution in [0.1, 0.15) is 20.7 Å². The van der Waals surface area contributed by atoms with Crippen LogP contribution in [0.2, 0.25) is 0 Å². The molecule has 2 aromatic carbocycles. The summed E-state index contributed by atoms with van der Waals surface area (Å²) in [4.78, 5) is 44.4. The van der Waals surface area contributed by atoms with Gasteiger partial charge in [0.15, 0.2) is 0 Å². The first-order chi connectivity index (χ1) is 14.1. The van der Waals surface area contributed by atoms with E-state index >= 15 is 0 Å². The molecule has 0 fully saturated rings. The number of benzene rings is 2. The first-order valence-corrected chi connectivity index (χ1v) is 10.0. The predicted octanol–water partition coefficient (Wildman–Crippen LogP) is 3.42. The lowest BCUT2D eigenvalue weighted by atomic mass is 10.1. The average molecular weight is 401 g/mol. The van der Waals surface area contributed by atoms with Gasteiger partial charge in [-0.3, -0.25) is 23.9 Å². The molecule has 6 nitrogen and oxygen atoms in total. The summed E-state index contributed by atoms with van der Waals surface area (Å²) in [5.41, 5.74) is 2.44. The van der Waals surface area contributed by atoms with E-state index < -0.39 is 0 Å². The van der Waals surface area contributed by atoms with Crippen molar-refractivity contribution >= 4 is 33.4 Å². The van der Waals surface area contributed by atoms with E-state index in [4.69, 9.17) is 0 Å². The van der Waals surface area contributed by atoms with Gasteiger partial charge in [-0.25, -0.2) is 4.98 Å². The standard InChI is InChI=1S/C22H15N3O3S/c26-20-15-8-4-5-9-16(15)21(27)25(20)11-10-24-13-23-19-18(22(24)28)17(12-29-19)14-6-2-1-3-7-14/h1-9,12-13H,10-11H2. The van der Waals surface area contributed by atoms with Crippen LogP contribution in [0, 0.1) is 0 Å². The molecule has 0 aliphatic carbocycles. The molecule has 3 heterocycles. The van der Waals surface area contributed by atoms with Crippen molar-refractivity contribution in [3.05, 3.63) is 87.8 Å². The van der Waals surface area contributed by atoms with Crippen LogP contribution < -0.4 is 5.56 Å². The van der Waals surface area contributed by atoms with Gasteiger partial charge in [0.2, 0.25) is 0 Å². The third kappa shape index (κ3) is 2.78. The van der Waals surface area contributed by atoms with Crippen LogP contribution in [0.15, 0.2) is 71.1 Å². The van der Waals surface area contributed by atoms with Gasteiger partial charge in [-0.1, -0.05) is 42.5 Å². The van der Waals surface area contributed by atoms with Gasteiger partial charge < -0.3 is 0 Å². The fourth-order valence-electron chi connectivity index (χ4n) is 3.61. The Morgan fingerprint density at radius 1 is 0.793 bits per heavy atom. The van der Waals surface area contributed by atoms with Crippen LogP contribution in [-0.4, -0.2) is 32.8 Å². The second kappa shape index (κ2) is 6.79. The Balaban J connectivity index is 1.47. The Kier molecular flexibility index (Phi) is 4.10. The molecule has 0 radical (unpaired) electrons. The number of amides is 2. The monoisotopic (exact) mass is 401 g/mol. The van der Waals surface area contributed by atoms with E-state index in [0.29, 0.717) is 21.3 Å². The van der Waals surface area contributed by atoms with Crippen molar-refractivity contribution in [1.29, 1.82) is 0 Å². The molecular weight excluding hydrogens is 386 g/mol. The van der Waals surface area contributed by atoms with E-state index in [2.05, 4.69) is 4.98 Å². The molecule has 0 bridgehead atoms. The molecule has 2 amide bonds. The van der Waals surface area contributed by atoms with E-state index in [1.165, 1.54) is 27.1 Å². The van der Waals surface area contributed by atoms with E-state index in [-0.39, 0.29) is 30.5 Å².